The quantitative estimate of drug-likeness (QED) is 0.0916. The van der Waals surface area contributed by atoms with Gasteiger partial charge in [-0.2, -0.15) is 8.61 Å². The third kappa shape index (κ3) is 9.82. The normalized spacial score (nSPS) is 19.3. The van der Waals surface area contributed by atoms with Gasteiger partial charge in [0.1, 0.15) is 22.5 Å². The Hall–Kier alpha value is -6.24. The highest BCUT2D eigenvalue weighted by Gasteiger charge is 2.49. The predicted octanol–water partition coefficient (Wildman–Crippen LogP) is 4.86. The first-order valence-corrected chi connectivity index (χ1v) is 28.6. The van der Waals surface area contributed by atoms with Crippen molar-refractivity contribution in [2.45, 2.75) is 95.9 Å². The maximum absolute atomic E-state index is 14.6. The van der Waals surface area contributed by atoms with Crippen LogP contribution in [-0.4, -0.2) is 160 Å². The third-order valence-corrected chi connectivity index (χ3v) is 18.8. The number of nitrogens with zero attached hydrogens (tertiary/aromatic N) is 8. The molecule has 6 aromatic rings. The smallest absolute Gasteiger partial charge is 0.337 e. The molecule has 3 fully saturated rings. The van der Waals surface area contributed by atoms with Crippen LogP contribution in [0.1, 0.15) is 96.6 Å². The van der Waals surface area contributed by atoms with Gasteiger partial charge in [0.15, 0.2) is 17.4 Å². The summed E-state index contributed by atoms with van der Waals surface area (Å²) in [6, 6.07) is 8.78. The van der Waals surface area contributed by atoms with E-state index in [9.17, 15) is 41.1 Å². The van der Waals surface area contributed by atoms with Crippen molar-refractivity contribution in [3.63, 3.8) is 0 Å². The number of carbonyl (C=O) groups excluding carboxylic acids is 1. The number of aryl methyl sites for hydroxylation is 4. The highest BCUT2D eigenvalue weighted by Crippen LogP contribution is 2.47. The van der Waals surface area contributed by atoms with Gasteiger partial charge >= 0.3 is 5.97 Å². The number of aromatic carboxylic acids is 1. The number of benzene rings is 2. The molecule has 0 amide bonds. The van der Waals surface area contributed by atoms with E-state index < -0.39 is 37.1 Å². The molecule has 0 spiro atoms. The summed E-state index contributed by atoms with van der Waals surface area (Å²) in [4.78, 5) is 64.6. The number of fused-ring (bicyclic) bond motifs is 2. The second-order valence-electron chi connectivity index (χ2n) is 19.9. The lowest BCUT2D eigenvalue weighted by atomic mass is 9.98. The Morgan fingerprint density at radius 3 is 1.67 bits per heavy atom. The highest BCUT2D eigenvalue weighted by molar-refractivity contribution is 7.89. The van der Waals surface area contributed by atoms with E-state index in [1.807, 2.05) is 27.9 Å². The molecular weight excluding hydrogens is 1000 g/mol. The Morgan fingerprint density at radius 2 is 1.17 bits per heavy atom. The van der Waals surface area contributed by atoms with Crippen molar-refractivity contribution in [3.05, 3.63) is 90.7 Å². The lowest BCUT2D eigenvalue weighted by Gasteiger charge is -2.39. The van der Waals surface area contributed by atoms with E-state index >= 15 is 0 Å². The second-order valence-corrected chi connectivity index (χ2v) is 23.8. The second kappa shape index (κ2) is 21.1. The van der Waals surface area contributed by atoms with E-state index in [-0.39, 0.29) is 111 Å². The standard InChI is InChI=1S/C52H66N10O11S2/c1-9-13-38-44(30(5)46-50(64)53-48(55-61(38)46)36-27-33(15-17-42(36)72-11-3)74(68,69)59-22-19-57(7)20-23-59)41(63)26-32-25-35(32)40-29-60(24-21-58(40)8)75(70,71)34-16-18-43(73-12-4)37(28-34)49-54-51(65)47-31(6)45(52(66)67)39(14-10-2)62(47)56-49/h15-18,27-28,32,35,40H,9-14,19-26,29H2,1-8H3,(H,66,67)(H,53,55,64)(H,54,56,65)/t32?,35-,40?/m0/s1. The maximum Gasteiger partial charge on any atom is 0.337 e. The number of aromatic nitrogens is 6. The lowest BCUT2D eigenvalue weighted by Crippen LogP contribution is -2.54. The molecule has 402 valence electrons. The number of carboxylic acids is 1. The van der Waals surface area contributed by atoms with Gasteiger partial charge in [-0.15, -0.1) is 10.2 Å². The molecule has 2 saturated heterocycles. The number of Topliss-reactive ketones (excluding diaryl/α,β-unsaturated/α-hetero) is 1. The van der Waals surface area contributed by atoms with Crippen LogP contribution in [-0.2, 0) is 32.9 Å². The van der Waals surface area contributed by atoms with E-state index in [1.54, 1.807) is 33.8 Å². The van der Waals surface area contributed by atoms with E-state index in [2.05, 4.69) is 19.8 Å². The summed E-state index contributed by atoms with van der Waals surface area (Å²) >= 11 is 0. The van der Waals surface area contributed by atoms with Gasteiger partial charge in [0.25, 0.3) is 11.1 Å². The van der Waals surface area contributed by atoms with Gasteiger partial charge in [-0.25, -0.2) is 30.7 Å². The van der Waals surface area contributed by atoms with Gasteiger partial charge in [0.2, 0.25) is 20.0 Å². The number of sulfonamides is 2. The number of nitrogens with one attached hydrogen (secondary N) is 2. The summed E-state index contributed by atoms with van der Waals surface area (Å²) in [5, 5.41) is 19.7. The molecule has 21 nitrogen and oxygen atoms in total. The minimum absolute atomic E-state index is 0.00152. The topological polar surface area (TPSA) is 254 Å². The predicted molar refractivity (Wildman–Crippen MR) is 281 cm³/mol. The van der Waals surface area contributed by atoms with Crippen LogP contribution in [0.2, 0.25) is 0 Å². The third-order valence-electron chi connectivity index (χ3n) is 15.1. The van der Waals surface area contributed by atoms with Crippen molar-refractivity contribution in [2.75, 3.05) is 73.1 Å². The van der Waals surface area contributed by atoms with E-state index in [1.165, 1.54) is 48.0 Å². The summed E-state index contributed by atoms with van der Waals surface area (Å²) in [6.45, 7) is 14.0. The minimum atomic E-state index is -4.14. The van der Waals surface area contributed by atoms with Crippen molar-refractivity contribution in [1.82, 2.24) is 47.6 Å². The number of carbonyl (C=O) groups is 2. The summed E-state index contributed by atoms with van der Waals surface area (Å²) in [6.07, 6.45) is 2.87. The molecule has 0 radical (unpaired) electrons. The van der Waals surface area contributed by atoms with Crippen LogP contribution >= 0.6 is 0 Å². The molecule has 4 aromatic heterocycles. The van der Waals surface area contributed by atoms with Gasteiger partial charge in [-0.05, 0) is 120 Å². The molecule has 1 aliphatic carbocycles. The molecule has 0 bridgehead atoms. The summed E-state index contributed by atoms with van der Waals surface area (Å²) in [5.41, 5.74) is 1.91. The number of rotatable bonds is 19. The SMILES string of the molecule is CCCc1c(C(=O)O)c(C)c2c(=O)[nH]c(-c3cc(S(=O)(=O)N4CCN(C)C([C@H]5CC5CC(=O)c5c(C)c6c(=O)[nH]c(-c7cc(S(=O)(=O)N8CCN(C)CC8)ccc7OCC)nn6c5CCC)C4)ccc3OCC)nn12. The Kier molecular flexibility index (Phi) is 15.0. The summed E-state index contributed by atoms with van der Waals surface area (Å²) < 4.78 is 74.7. The van der Waals surface area contributed by atoms with Crippen LogP contribution in [0.15, 0.2) is 55.8 Å². The minimum Gasteiger partial charge on any atom is -0.493 e. The molecule has 2 unspecified atom stereocenters. The van der Waals surface area contributed by atoms with Crippen molar-refractivity contribution in [3.8, 4) is 34.3 Å². The molecule has 2 aromatic carbocycles. The molecule has 2 aliphatic heterocycles. The van der Waals surface area contributed by atoms with E-state index in [0.717, 1.165) is 0 Å². The van der Waals surface area contributed by atoms with Crippen molar-refractivity contribution in [2.24, 2.45) is 11.8 Å². The molecule has 75 heavy (non-hydrogen) atoms. The number of carboxylic acid groups (broad SMARTS) is 1. The largest absolute Gasteiger partial charge is 0.493 e. The van der Waals surface area contributed by atoms with Gasteiger partial charge in [-0.3, -0.25) is 14.4 Å². The number of piperazine rings is 2. The Bertz CT molecular complexity index is 3580. The summed E-state index contributed by atoms with van der Waals surface area (Å²) in [5.74, 6) is -0.641. The first kappa shape index (κ1) is 53.6. The van der Waals surface area contributed by atoms with E-state index in [0.29, 0.717) is 98.7 Å². The average molecular weight is 1070 g/mol. The Labute approximate surface area is 435 Å². The van der Waals surface area contributed by atoms with E-state index in [4.69, 9.17) is 19.7 Å². The van der Waals surface area contributed by atoms with Crippen LogP contribution in [0.4, 0.5) is 0 Å². The van der Waals surface area contributed by atoms with Crippen LogP contribution in [0.3, 0.4) is 0 Å². The van der Waals surface area contributed by atoms with Gasteiger partial charge in [0, 0.05) is 63.8 Å². The average Bonchev–Trinajstić information content (AvgIpc) is 4.00. The Balaban J connectivity index is 0.975. The molecule has 3 atom stereocenters. The zero-order chi connectivity index (χ0) is 53.8. The Morgan fingerprint density at radius 1 is 0.693 bits per heavy atom. The molecule has 3 N–H and O–H groups in total. The van der Waals surface area contributed by atoms with Crippen LogP contribution < -0.4 is 20.6 Å². The number of aromatic amines is 2. The fraction of sp³-hybridized carbons (Fsp3) is 0.500. The molecule has 1 saturated carbocycles. The van der Waals surface area contributed by atoms with Crippen LogP contribution in [0.25, 0.3) is 33.8 Å². The van der Waals surface area contributed by atoms with Crippen molar-refractivity contribution < 1.29 is 41.0 Å². The highest BCUT2D eigenvalue weighted by atomic mass is 32.2. The maximum atomic E-state index is 14.6. The molecule has 9 rings (SSSR count). The molecular formula is C52H66N10O11S2. The number of hydrogen-bond donors (Lipinski definition) is 3. The lowest BCUT2D eigenvalue weighted by molar-refractivity contribution is 0.0694. The van der Waals surface area contributed by atoms with Crippen LogP contribution in [0.5, 0.6) is 11.5 Å². The number of hydrogen-bond acceptors (Lipinski definition) is 14. The first-order chi connectivity index (χ1) is 35.7. The fourth-order valence-electron chi connectivity index (χ4n) is 11.1. The number of H-pyrrole nitrogens is 2. The monoisotopic (exact) mass is 1070 g/mol. The molecule has 3 aliphatic rings. The number of ketones is 1. The first-order valence-electron chi connectivity index (χ1n) is 25.7. The van der Waals surface area contributed by atoms with Gasteiger partial charge in [0.05, 0.1) is 51.1 Å². The van der Waals surface area contributed by atoms with Crippen LogP contribution in [0, 0.1) is 25.7 Å². The molecule has 23 heteroatoms. The zero-order valence-electron chi connectivity index (χ0n) is 43.7. The number of likely N-dealkylation sites (N-methyl/N-ethyl adjacent to an activating group) is 2. The van der Waals surface area contributed by atoms with Gasteiger partial charge < -0.3 is 34.3 Å². The van der Waals surface area contributed by atoms with Gasteiger partial charge in [-0.1, -0.05) is 26.7 Å². The van der Waals surface area contributed by atoms with Crippen molar-refractivity contribution >= 4 is 42.8 Å². The zero-order valence-corrected chi connectivity index (χ0v) is 45.4. The summed E-state index contributed by atoms with van der Waals surface area (Å²) in [7, 11) is -4.12. The fourth-order valence-corrected chi connectivity index (χ4v) is 14.0. The number of ether oxygens (including phenoxy) is 2. The van der Waals surface area contributed by atoms with Crippen molar-refractivity contribution in [1.29, 1.82) is 0 Å². The molecule has 6 heterocycles.